The van der Waals surface area contributed by atoms with Gasteiger partial charge in [0.05, 0.1) is 25.3 Å². The Balaban J connectivity index is 1.62. The lowest BCUT2D eigenvalue weighted by Crippen LogP contribution is -2.45. The number of carbonyl (C=O) groups is 2. The fourth-order valence-corrected chi connectivity index (χ4v) is 3.12. The van der Waals surface area contributed by atoms with Crippen molar-refractivity contribution in [2.24, 2.45) is 0 Å². The van der Waals surface area contributed by atoms with Gasteiger partial charge in [0, 0.05) is 0 Å². The number of fused-ring (bicyclic) bond motifs is 1. The molecular formula is C18H24N2O6. The summed E-state index contributed by atoms with van der Waals surface area (Å²) in [5.74, 6) is 0. The van der Waals surface area contributed by atoms with Crippen molar-refractivity contribution in [2.45, 2.75) is 51.2 Å². The highest BCUT2D eigenvalue weighted by Gasteiger charge is 2.54. The molecule has 0 radical (unpaired) electrons. The van der Waals surface area contributed by atoms with E-state index in [0.29, 0.717) is 0 Å². The largest absolute Gasteiger partial charge is 0.444 e. The molecule has 26 heavy (non-hydrogen) atoms. The second-order valence-electron chi connectivity index (χ2n) is 7.42. The van der Waals surface area contributed by atoms with E-state index in [1.54, 1.807) is 20.8 Å². The lowest BCUT2D eigenvalue weighted by atomic mass is 10.1. The van der Waals surface area contributed by atoms with Gasteiger partial charge in [-0.1, -0.05) is 30.3 Å². The molecule has 8 heteroatoms. The maximum atomic E-state index is 12.3. The first-order valence-corrected chi connectivity index (χ1v) is 8.57. The van der Waals surface area contributed by atoms with Gasteiger partial charge in [-0.25, -0.2) is 9.59 Å². The second kappa shape index (κ2) is 7.13. The molecule has 1 aromatic carbocycles. The molecule has 2 aliphatic heterocycles. The third kappa shape index (κ3) is 3.91. The van der Waals surface area contributed by atoms with E-state index >= 15 is 0 Å². The second-order valence-corrected chi connectivity index (χ2v) is 7.42. The molecule has 8 nitrogen and oxygen atoms in total. The summed E-state index contributed by atoms with van der Waals surface area (Å²) in [5, 5.41) is 11.4. The quantitative estimate of drug-likeness (QED) is 0.862. The van der Waals surface area contributed by atoms with Crippen molar-refractivity contribution in [1.82, 2.24) is 9.96 Å². The molecule has 2 fully saturated rings. The van der Waals surface area contributed by atoms with E-state index in [-0.39, 0.29) is 19.8 Å². The van der Waals surface area contributed by atoms with Crippen LogP contribution in [0.5, 0.6) is 0 Å². The van der Waals surface area contributed by atoms with Crippen LogP contribution in [-0.4, -0.2) is 64.2 Å². The molecule has 0 bridgehead atoms. The van der Waals surface area contributed by atoms with Crippen LogP contribution in [-0.2, 0) is 20.9 Å². The number of hydrogen-bond acceptors (Lipinski definition) is 6. The van der Waals surface area contributed by atoms with Crippen LogP contribution in [0.3, 0.4) is 0 Å². The number of aliphatic hydroxyl groups excluding tert-OH is 1. The van der Waals surface area contributed by atoms with Crippen LogP contribution in [0.25, 0.3) is 0 Å². The first-order chi connectivity index (χ1) is 12.3. The van der Waals surface area contributed by atoms with Gasteiger partial charge in [-0.2, -0.15) is 5.06 Å². The van der Waals surface area contributed by atoms with Crippen molar-refractivity contribution in [1.29, 1.82) is 0 Å². The third-order valence-electron chi connectivity index (χ3n) is 4.24. The number of hydroxylamine groups is 2. The van der Waals surface area contributed by atoms with Gasteiger partial charge in [0.2, 0.25) is 0 Å². The molecule has 3 rings (SSSR count). The minimum absolute atomic E-state index is 0.0794. The molecule has 142 valence electrons. The maximum absolute atomic E-state index is 12.3. The van der Waals surface area contributed by atoms with Crippen LogP contribution in [0.2, 0.25) is 0 Å². The Morgan fingerprint density at radius 3 is 2.58 bits per heavy atom. The number of rotatable bonds is 2. The minimum atomic E-state index is -0.931. The highest BCUT2D eigenvalue weighted by Crippen LogP contribution is 2.31. The van der Waals surface area contributed by atoms with Crippen LogP contribution in [0.15, 0.2) is 30.3 Å². The molecule has 1 aromatic rings. The van der Waals surface area contributed by atoms with Crippen molar-refractivity contribution in [3.63, 3.8) is 0 Å². The minimum Gasteiger partial charge on any atom is -0.444 e. The van der Waals surface area contributed by atoms with Crippen molar-refractivity contribution in [3.05, 3.63) is 35.9 Å². The topological polar surface area (TPSA) is 88.5 Å². The van der Waals surface area contributed by atoms with E-state index in [0.717, 1.165) is 10.6 Å². The van der Waals surface area contributed by atoms with E-state index in [4.69, 9.17) is 14.3 Å². The first kappa shape index (κ1) is 18.5. The van der Waals surface area contributed by atoms with Crippen molar-refractivity contribution >= 4 is 12.2 Å². The van der Waals surface area contributed by atoms with Gasteiger partial charge in [0.15, 0.2) is 0 Å². The highest BCUT2D eigenvalue weighted by molar-refractivity contribution is 5.71. The number of hydrogen-bond donors (Lipinski definition) is 1. The zero-order valence-electron chi connectivity index (χ0n) is 15.1. The van der Waals surface area contributed by atoms with Crippen molar-refractivity contribution < 1.29 is 29.0 Å². The van der Waals surface area contributed by atoms with Gasteiger partial charge < -0.3 is 14.6 Å². The Morgan fingerprint density at radius 1 is 1.23 bits per heavy atom. The van der Waals surface area contributed by atoms with Crippen LogP contribution < -0.4 is 0 Å². The normalized spacial score (nSPS) is 25.2. The van der Waals surface area contributed by atoms with Crippen LogP contribution in [0.4, 0.5) is 9.59 Å². The fraction of sp³-hybridized carbons (Fsp3) is 0.556. The monoisotopic (exact) mass is 364 g/mol. The van der Waals surface area contributed by atoms with Gasteiger partial charge in [0.1, 0.15) is 18.2 Å². The Kier molecular flexibility index (Phi) is 5.06. The molecule has 0 aliphatic carbocycles. The maximum Gasteiger partial charge on any atom is 0.434 e. The molecule has 3 unspecified atom stereocenters. The van der Waals surface area contributed by atoms with Crippen molar-refractivity contribution in [3.8, 4) is 0 Å². The summed E-state index contributed by atoms with van der Waals surface area (Å²) in [6.07, 6.45) is -2.15. The van der Waals surface area contributed by atoms with E-state index in [1.807, 2.05) is 30.3 Å². The Morgan fingerprint density at radius 2 is 1.92 bits per heavy atom. The lowest BCUT2D eigenvalue weighted by molar-refractivity contribution is -0.129. The van der Waals surface area contributed by atoms with E-state index in [2.05, 4.69) is 0 Å². The Bertz CT molecular complexity index is 659. The van der Waals surface area contributed by atoms with E-state index in [9.17, 15) is 14.7 Å². The fourth-order valence-electron chi connectivity index (χ4n) is 3.12. The third-order valence-corrected chi connectivity index (χ3v) is 4.24. The summed E-state index contributed by atoms with van der Waals surface area (Å²) in [6, 6.07) is 8.12. The smallest absolute Gasteiger partial charge is 0.434 e. The number of likely N-dealkylation sites (tertiary alicyclic amines) is 1. The number of ether oxygens (including phenoxy) is 2. The zero-order chi connectivity index (χ0) is 18.9. The average molecular weight is 364 g/mol. The summed E-state index contributed by atoms with van der Waals surface area (Å²) in [7, 11) is 0. The first-order valence-electron chi connectivity index (χ1n) is 8.57. The van der Waals surface area contributed by atoms with Crippen LogP contribution in [0.1, 0.15) is 26.3 Å². The number of amides is 2. The molecule has 3 atom stereocenters. The SMILES string of the molecule is CC(C)(C)OC(=O)N1CC(O)C2C1CON2C(=O)OCc1ccccc1. The predicted molar refractivity (Wildman–Crippen MR) is 90.9 cm³/mol. The average Bonchev–Trinajstić information content (AvgIpc) is 3.14. The summed E-state index contributed by atoms with van der Waals surface area (Å²) < 4.78 is 10.6. The van der Waals surface area contributed by atoms with Gasteiger partial charge in [-0.15, -0.1) is 0 Å². The Labute approximate surface area is 152 Å². The van der Waals surface area contributed by atoms with Gasteiger partial charge >= 0.3 is 12.2 Å². The molecule has 0 spiro atoms. The molecule has 1 N–H and O–H groups in total. The van der Waals surface area contributed by atoms with Gasteiger partial charge in [0.25, 0.3) is 0 Å². The standard InChI is InChI=1S/C18H24N2O6/c1-18(2,3)26-16(22)19-9-14(21)15-13(19)11-25-20(15)17(23)24-10-12-7-5-4-6-8-12/h4-8,13-15,21H,9-11H2,1-3H3. The predicted octanol–water partition coefficient (Wildman–Crippen LogP) is 1.92. The number of β-amino-alcohol motifs (C(OH)–C–C–N with tert-alkyl or cyclic N) is 1. The van der Waals surface area contributed by atoms with Crippen molar-refractivity contribution in [2.75, 3.05) is 13.2 Å². The van der Waals surface area contributed by atoms with Gasteiger partial charge in [-0.3, -0.25) is 9.74 Å². The molecule has 0 saturated carbocycles. The summed E-state index contributed by atoms with van der Waals surface area (Å²) in [6.45, 7) is 5.59. The molecule has 2 amide bonds. The molecule has 2 heterocycles. The van der Waals surface area contributed by atoms with E-state index in [1.165, 1.54) is 4.90 Å². The highest BCUT2D eigenvalue weighted by atomic mass is 16.7. The van der Waals surface area contributed by atoms with Crippen LogP contribution >= 0.6 is 0 Å². The number of benzene rings is 1. The lowest BCUT2D eigenvalue weighted by Gasteiger charge is -2.26. The molecular weight excluding hydrogens is 340 g/mol. The summed E-state index contributed by atoms with van der Waals surface area (Å²) >= 11 is 0. The molecule has 2 saturated heterocycles. The number of aliphatic hydroxyl groups is 1. The van der Waals surface area contributed by atoms with Gasteiger partial charge in [-0.05, 0) is 26.3 Å². The summed E-state index contributed by atoms with van der Waals surface area (Å²) in [5.41, 5.74) is 0.201. The van der Waals surface area contributed by atoms with Crippen LogP contribution in [0, 0.1) is 0 Å². The number of nitrogens with zero attached hydrogens (tertiary/aromatic N) is 2. The van der Waals surface area contributed by atoms with E-state index < -0.39 is 36.0 Å². The molecule has 2 aliphatic rings. The Hall–Kier alpha value is -2.32. The number of carbonyl (C=O) groups excluding carboxylic acids is 2. The molecule has 0 aromatic heterocycles. The summed E-state index contributed by atoms with van der Waals surface area (Å²) in [4.78, 5) is 31.5. The zero-order valence-corrected chi connectivity index (χ0v) is 15.1.